The largest absolute Gasteiger partial charge is 0.494 e. The summed E-state index contributed by atoms with van der Waals surface area (Å²) in [6, 6.07) is 11.2. The molecule has 7 heteroatoms. The Kier molecular flexibility index (Phi) is 6.59. The number of rotatable bonds is 6. The quantitative estimate of drug-likeness (QED) is 0.429. The third-order valence-electron chi connectivity index (χ3n) is 4.25. The molecule has 0 radical (unpaired) electrons. The van der Waals surface area contributed by atoms with E-state index in [2.05, 4.69) is 41.6 Å². The van der Waals surface area contributed by atoms with Crippen molar-refractivity contribution < 1.29 is 9.53 Å². The van der Waals surface area contributed by atoms with Gasteiger partial charge in [0.15, 0.2) is 10.2 Å². The number of aromatic nitrogens is 1. The molecule has 0 atom stereocenters. The Morgan fingerprint density at radius 2 is 2.00 bits per heavy atom. The van der Waals surface area contributed by atoms with Crippen molar-refractivity contribution in [2.75, 3.05) is 11.9 Å². The SMILES string of the molecule is CCCCOc1cccc(C(=O)NC(=S)Nc2nc3c(C)ccc(C)c3s2)c1. The molecule has 5 nitrogen and oxygen atoms in total. The zero-order valence-corrected chi connectivity index (χ0v) is 17.8. The van der Waals surface area contributed by atoms with Gasteiger partial charge in [0.1, 0.15) is 5.75 Å². The van der Waals surface area contributed by atoms with Crippen molar-refractivity contribution in [2.24, 2.45) is 0 Å². The second kappa shape index (κ2) is 9.12. The van der Waals surface area contributed by atoms with Gasteiger partial charge < -0.3 is 10.1 Å². The summed E-state index contributed by atoms with van der Waals surface area (Å²) in [5.74, 6) is 0.393. The average Bonchev–Trinajstić information content (AvgIpc) is 3.10. The van der Waals surface area contributed by atoms with Crippen LogP contribution in [0.4, 0.5) is 5.13 Å². The van der Waals surface area contributed by atoms with E-state index in [4.69, 9.17) is 17.0 Å². The van der Waals surface area contributed by atoms with Crippen molar-refractivity contribution in [2.45, 2.75) is 33.6 Å². The second-order valence-electron chi connectivity index (χ2n) is 6.53. The molecule has 146 valence electrons. The Bertz CT molecular complexity index is 975. The smallest absolute Gasteiger partial charge is 0.257 e. The Labute approximate surface area is 174 Å². The molecule has 0 saturated heterocycles. The van der Waals surface area contributed by atoms with Gasteiger partial charge in [0.05, 0.1) is 16.8 Å². The fourth-order valence-electron chi connectivity index (χ4n) is 2.68. The first-order valence-electron chi connectivity index (χ1n) is 9.20. The predicted molar refractivity (Wildman–Crippen MR) is 120 cm³/mol. The number of thiocarbonyl (C=S) groups is 1. The number of anilines is 1. The summed E-state index contributed by atoms with van der Waals surface area (Å²) in [5.41, 5.74) is 3.73. The number of aryl methyl sites for hydroxylation is 2. The molecule has 0 aliphatic rings. The molecule has 28 heavy (non-hydrogen) atoms. The zero-order chi connectivity index (χ0) is 20.1. The Hall–Kier alpha value is -2.51. The van der Waals surface area contributed by atoms with Gasteiger partial charge in [0.2, 0.25) is 0 Å². The standard InChI is InChI=1S/C21H23N3O2S2/c1-4-5-11-26-16-8-6-7-15(12-16)19(25)23-20(27)24-21-22-17-13(2)9-10-14(3)18(17)28-21/h6-10,12H,4-5,11H2,1-3H3,(H2,22,23,24,25,27). The minimum Gasteiger partial charge on any atom is -0.494 e. The highest BCUT2D eigenvalue weighted by Gasteiger charge is 2.12. The van der Waals surface area contributed by atoms with Crippen LogP contribution in [0.15, 0.2) is 36.4 Å². The third kappa shape index (κ3) is 4.85. The molecular formula is C21H23N3O2S2. The molecule has 1 amide bonds. The van der Waals surface area contributed by atoms with Crippen molar-refractivity contribution >= 4 is 49.9 Å². The minimum atomic E-state index is -0.285. The number of nitrogens with one attached hydrogen (secondary N) is 2. The van der Waals surface area contributed by atoms with Gasteiger partial charge in [-0.05, 0) is 61.8 Å². The molecule has 0 unspecified atom stereocenters. The lowest BCUT2D eigenvalue weighted by Gasteiger charge is -2.09. The normalized spacial score (nSPS) is 10.7. The van der Waals surface area contributed by atoms with E-state index in [0.29, 0.717) is 23.1 Å². The van der Waals surface area contributed by atoms with Crippen LogP contribution in [-0.4, -0.2) is 22.6 Å². The van der Waals surface area contributed by atoms with E-state index >= 15 is 0 Å². The van der Waals surface area contributed by atoms with Crippen LogP contribution in [0.25, 0.3) is 10.2 Å². The van der Waals surface area contributed by atoms with E-state index in [1.54, 1.807) is 18.2 Å². The zero-order valence-electron chi connectivity index (χ0n) is 16.2. The topological polar surface area (TPSA) is 63.2 Å². The molecule has 0 aliphatic carbocycles. The van der Waals surface area contributed by atoms with Gasteiger partial charge >= 0.3 is 0 Å². The van der Waals surface area contributed by atoms with E-state index in [1.807, 2.05) is 13.0 Å². The summed E-state index contributed by atoms with van der Waals surface area (Å²) in [7, 11) is 0. The van der Waals surface area contributed by atoms with Gasteiger partial charge in [-0.25, -0.2) is 4.98 Å². The maximum atomic E-state index is 12.5. The average molecular weight is 414 g/mol. The number of nitrogens with zero attached hydrogens (tertiary/aromatic N) is 1. The number of ether oxygens (including phenoxy) is 1. The number of hydrogen-bond acceptors (Lipinski definition) is 5. The van der Waals surface area contributed by atoms with Crippen molar-refractivity contribution in [1.29, 1.82) is 0 Å². The highest BCUT2D eigenvalue weighted by molar-refractivity contribution is 7.80. The predicted octanol–water partition coefficient (Wildman–Crippen LogP) is 5.22. The number of fused-ring (bicyclic) bond motifs is 1. The maximum Gasteiger partial charge on any atom is 0.257 e. The van der Waals surface area contributed by atoms with Crippen LogP contribution in [0, 0.1) is 13.8 Å². The van der Waals surface area contributed by atoms with Crippen LogP contribution in [0.3, 0.4) is 0 Å². The van der Waals surface area contributed by atoms with Gasteiger partial charge in [-0.3, -0.25) is 10.1 Å². The number of thiazole rings is 1. The molecular weight excluding hydrogens is 390 g/mol. The van der Waals surface area contributed by atoms with Gasteiger partial charge in [0, 0.05) is 5.56 Å². The Morgan fingerprint density at radius 3 is 2.75 bits per heavy atom. The summed E-state index contributed by atoms with van der Waals surface area (Å²) in [6.07, 6.45) is 2.04. The highest BCUT2D eigenvalue weighted by Crippen LogP contribution is 2.30. The van der Waals surface area contributed by atoms with Crippen LogP contribution >= 0.6 is 23.6 Å². The van der Waals surface area contributed by atoms with Crippen molar-refractivity contribution in [1.82, 2.24) is 10.3 Å². The Morgan fingerprint density at radius 1 is 1.21 bits per heavy atom. The maximum absolute atomic E-state index is 12.5. The lowest BCUT2D eigenvalue weighted by molar-refractivity contribution is 0.0977. The van der Waals surface area contributed by atoms with Crippen LogP contribution in [0.5, 0.6) is 5.75 Å². The lowest BCUT2D eigenvalue weighted by Crippen LogP contribution is -2.34. The number of carbonyl (C=O) groups is 1. The van der Waals surface area contributed by atoms with Crippen LogP contribution in [0.2, 0.25) is 0 Å². The van der Waals surface area contributed by atoms with Crippen LogP contribution in [0.1, 0.15) is 41.3 Å². The summed E-state index contributed by atoms with van der Waals surface area (Å²) in [4.78, 5) is 17.1. The van der Waals surface area contributed by atoms with Gasteiger partial charge in [-0.1, -0.05) is 42.9 Å². The van der Waals surface area contributed by atoms with E-state index in [1.165, 1.54) is 16.9 Å². The summed E-state index contributed by atoms with van der Waals surface area (Å²) in [6.45, 7) is 6.83. The highest BCUT2D eigenvalue weighted by atomic mass is 32.1. The van der Waals surface area contributed by atoms with Crippen molar-refractivity contribution in [3.05, 3.63) is 53.1 Å². The fourth-order valence-corrected chi connectivity index (χ4v) is 3.95. The molecule has 3 aromatic rings. The number of hydrogen-bond donors (Lipinski definition) is 2. The van der Waals surface area contributed by atoms with Crippen molar-refractivity contribution in [3.8, 4) is 5.75 Å². The molecule has 1 aromatic heterocycles. The molecule has 0 fully saturated rings. The molecule has 2 N–H and O–H groups in total. The van der Waals surface area contributed by atoms with Crippen LogP contribution in [-0.2, 0) is 0 Å². The number of amides is 1. The number of benzene rings is 2. The number of carbonyl (C=O) groups excluding carboxylic acids is 1. The third-order valence-corrected chi connectivity index (χ3v) is 5.56. The van der Waals surface area contributed by atoms with Gasteiger partial charge in [0.25, 0.3) is 5.91 Å². The first-order chi connectivity index (χ1) is 13.5. The first kappa shape index (κ1) is 20.2. The van der Waals surface area contributed by atoms with E-state index < -0.39 is 0 Å². The second-order valence-corrected chi connectivity index (χ2v) is 7.94. The summed E-state index contributed by atoms with van der Waals surface area (Å²) < 4.78 is 6.78. The first-order valence-corrected chi connectivity index (χ1v) is 10.4. The molecule has 3 rings (SSSR count). The Balaban J connectivity index is 1.65. The monoisotopic (exact) mass is 413 g/mol. The van der Waals surface area contributed by atoms with Crippen LogP contribution < -0.4 is 15.4 Å². The van der Waals surface area contributed by atoms with E-state index in [9.17, 15) is 4.79 Å². The lowest BCUT2D eigenvalue weighted by atomic mass is 10.1. The van der Waals surface area contributed by atoms with Gasteiger partial charge in [-0.15, -0.1) is 0 Å². The molecule has 0 saturated carbocycles. The molecule has 0 bridgehead atoms. The van der Waals surface area contributed by atoms with E-state index in [-0.39, 0.29) is 11.0 Å². The molecule has 0 spiro atoms. The summed E-state index contributed by atoms with van der Waals surface area (Å²) in [5, 5.41) is 6.60. The molecule has 1 heterocycles. The van der Waals surface area contributed by atoms with E-state index in [0.717, 1.165) is 28.6 Å². The number of unbranched alkanes of at least 4 members (excludes halogenated alkanes) is 1. The van der Waals surface area contributed by atoms with Gasteiger partial charge in [-0.2, -0.15) is 0 Å². The fraction of sp³-hybridized carbons (Fsp3) is 0.286. The molecule has 0 aliphatic heterocycles. The summed E-state index contributed by atoms with van der Waals surface area (Å²) >= 11 is 6.82. The minimum absolute atomic E-state index is 0.219. The van der Waals surface area contributed by atoms with Crippen molar-refractivity contribution in [3.63, 3.8) is 0 Å². The molecule has 2 aromatic carbocycles.